The monoisotopic (exact) mass is 342 g/mol. The second-order valence-electron chi connectivity index (χ2n) is 4.95. The number of halogens is 4. The third-order valence-corrected chi connectivity index (χ3v) is 3.17. The molecule has 24 heavy (non-hydrogen) atoms. The molecule has 0 fully saturated rings. The van der Waals surface area contributed by atoms with Gasteiger partial charge < -0.3 is 15.7 Å². The van der Waals surface area contributed by atoms with Gasteiger partial charge in [0.1, 0.15) is 5.82 Å². The highest BCUT2D eigenvalue weighted by Crippen LogP contribution is 2.34. The highest BCUT2D eigenvalue weighted by Gasteiger charge is 2.33. The molecule has 4 nitrogen and oxygen atoms in total. The van der Waals surface area contributed by atoms with Gasteiger partial charge in [-0.15, -0.1) is 0 Å². The molecule has 128 valence electrons. The molecular formula is C16H14F4N2O2. The van der Waals surface area contributed by atoms with Crippen molar-refractivity contribution in [2.45, 2.75) is 12.3 Å². The highest BCUT2D eigenvalue weighted by atomic mass is 19.4. The summed E-state index contributed by atoms with van der Waals surface area (Å²) >= 11 is 0. The van der Waals surface area contributed by atoms with Crippen molar-refractivity contribution >= 4 is 11.7 Å². The molecule has 1 unspecified atom stereocenters. The maximum Gasteiger partial charge on any atom is 0.418 e. The Balaban J connectivity index is 1.97. The van der Waals surface area contributed by atoms with E-state index in [9.17, 15) is 27.5 Å². The van der Waals surface area contributed by atoms with Gasteiger partial charge in [0.25, 0.3) is 0 Å². The largest absolute Gasteiger partial charge is 0.418 e. The number of hydrogen-bond acceptors (Lipinski definition) is 2. The molecule has 0 saturated heterocycles. The van der Waals surface area contributed by atoms with Crippen LogP contribution in [0.1, 0.15) is 17.2 Å². The maximum atomic E-state index is 13.1. The van der Waals surface area contributed by atoms with Gasteiger partial charge in [-0.1, -0.05) is 24.3 Å². The molecule has 2 aromatic carbocycles. The lowest BCUT2D eigenvalue weighted by Crippen LogP contribution is -2.33. The number of rotatable bonds is 4. The molecule has 0 spiro atoms. The van der Waals surface area contributed by atoms with Crippen molar-refractivity contribution in [2.24, 2.45) is 0 Å². The SMILES string of the molecule is O=C(NCC(O)c1cccc(F)c1)Nc1ccccc1C(F)(F)F. The number of amides is 2. The third-order valence-electron chi connectivity index (χ3n) is 3.17. The number of alkyl halides is 3. The van der Waals surface area contributed by atoms with E-state index in [-0.39, 0.29) is 12.1 Å². The van der Waals surface area contributed by atoms with E-state index in [1.54, 1.807) is 0 Å². The van der Waals surface area contributed by atoms with E-state index in [0.29, 0.717) is 0 Å². The number of benzene rings is 2. The lowest BCUT2D eigenvalue weighted by molar-refractivity contribution is -0.136. The van der Waals surface area contributed by atoms with Gasteiger partial charge in [-0.2, -0.15) is 13.2 Å². The molecule has 2 aromatic rings. The lowest BCUT2D eigenvalue weighted by Gasteiger charge is -2.15. The van der Waals surface area contributed by atoms with E-state index >= 15 is 0 Å². The number of carbonyl (C=O) groups is 1. The molecule has 0 aliphatic heterocycles. The molecular weight excluding hydrogens is 328 g/mol. The molecule has 2 rings (SSSR count). The van der Waals surface area contributed by atoms with Crippen molar-refractivity contribution in [2.75, 3.05) is 11.9 Å². The standard InChI is InChI=1S/C16H14F4N2O2/c17-11-5-3-4-10(8-11)14(23)9-21-15(24)22-13-7-2-1-6-12(13)16(18,19)20/h1-8,14,23H,9H2,(H2,21,22,24). The number of nitrogens with one attached hydrogen (secondary N) is 2. The van der Waals surface area contributed by atoms with E-state index in [0.717, 1.165) is 18.2 Å². The normalized spacial score (nSPS) is 12.5. The molecule has 8 heteroatoms. The fourth-order valence-electron chi connectivity index (χ4n) is 2.03. The minimum absolute atomic E-state index is 0.242. The van der Waals surface area contributed by atoms with E-state index < -0.39 is 35.4 Å². The van der Waals surface area contributed by atoms with Gasteiger partial charge in [0.05, 0.1) is 17.4 Å². The number of carbonyl (C=O) groups excluding carboxylic acids is 1. The predicted octanol–water partition coefficient (Wildman–Crippen LogP) is 3.70. The summed E-state index contributed by atoms with van der Waals surface area (Å²) in [5.74, 6) is -0.546. The summed E-state index contributed by atoms with van der Waals surface area (Å²) < 4.78 is 51.5. The molecule has 0 heterocycles. The van der Waals surface area contributed by atoms with Gasteiger partial charge in [-0.3, -0.25) is 0 Å². The van der Waals surface area contributed by atoms with Gasteiger partial charge >= 0.3 is 12.2 Å². The molecule has 0 bridgehead atoms. The van der Waals surface area contributed by atoms with Gasteiger partial charge in [0.2, 0.25) is 0 Å². The number of hydrogen-bond donors (Lipinski definition) is 3. The minimum atomic E-state index is -4.61. The first-order valence-electron chi connectivity index (χ1n) is 6.92. The summed E-state index contributed by atoms with van der Waals surface area (Å²) in [5.41, 5.74) is -1.14. The average molecular weight is 342 g/mol. The van der Waals surface area contributed by atoms with E-state index in [4.69, 9.17) is 0 Å². The Morgan fingerprint density at radius 2 is 1.83 bits per heavy atom. The number of para-hydroxylation sites is 1. The smallest absolute Gasteiger partial charge is 0.387 e. The van der Waals surface area contributed by atoms with Crippen LogP contribution in [0.25, 0.3) is 0 Å². The van der Waals surface area contributed by atoms with Crippen molar-refractivity contribution in [3.8, 4) is 0 Å². The number of anilines is 1. The van der Waals surface area contributed by atoms with Crippen molar-refractivity contribution < 1.29 is 27.5 Å². The van der Waals surface area contributed by atoms with Crippen LogP contribution in [0, 0.1) is 5.82 Å². The molecule has 0 aromatic heterocycles. The maximum absolute atomic E-state index is 13.1. The van der Waals surface area contributed by atoms with E-state index in [1.807, 2.05) is 0 Å². The quantitative estimate of drug-likeness (QED) is 0.742. The summed E-state index contributed by atoms with van der Waals surface area (Å²) in [6.45, 7) is -0.288. The molecule has 0 aliphatic rings. The first-order chi connectivity index (χ1) is 11.3. The summed E-state index contributed by atoms with van der Waals surface area (Å²) in [6.07, 6.45) is -5.80. The predicted molar refractivity (Wildman–Crippen MR) is 79.8 cm³/mol. The molecule has 0 radical (unpaired) electrons. The van der Waals surface area contributed by atoms with E-state index in [1.165, 1.54) is 30.3 Å². The van der Waals surface area contributed by atoms with Gasteiger partial charge in [-0.25, -0.2) is 9.18 Å². The fraction of sp³-hybridized carbons (Fsp3) is 0.188. The number of aliphatic hydroxyl groups excluding tert-OH is 1. The first-order valence-corrected chi connectivity index (χ1v) is 6.92. The Morgan fingerprint density at radius 3 is 2.50 bits per heavy atom. The van der Waals surface area contributed by atoms with Crippen LogP contribution >= 0.6 is 0 Å². The molecule has 3 N–H and O–H groups in total. The Kier molecular flexibility index (Phi) is 5.40. The van der Waals surface area contributed by atoms with Crippen molar-refractivity contribution in [3.05, 3.63) is 65.5 Å². The van der Waals surface area contributed by atoms with Crippen LogP contribution in [-0.4, -0.2) is 17.7 Å². The van der Waals surface area contributed by atoms with E-state index in [2.05, 4.69) is 10.6 Å². The first kappa shape index (κ1) is 17.7. The van der Waals surface area contributed by atoms with Crippen LogP contribution in [-0.2, 0) is 6.18 Å². The zero-order chi connectivity index (χ0) is 17.7. The lowest BCUT2D eigenvalue weighted by atomic mass is 10.1. The summed E-state index contributed by atoms with van der Waals surface area (Å²) in [7, 11) is 0. The molecule has 1 atom stereocenters. The summed E-state index contributed by atoms with van der Waals surface area (Å²) in [4.78, 5) is 11.7. The van der Waals surface area contributed by atoms with Crippen LogP contribution in [0.4, 0.5) is 28.0 Å². The highest BCUT2D eigenvalue weighted by molar-refractivity contribution is 5.90. The molecule has 0 aliphatic carbocycles. The summed E-state index contributed by atoms with van der Waals surface area (Å²) in [6, 6.07) is 8.77. The zero-order valence-electron chi connectivity index (χ0n) is 12.3. The van der Waals surface area contributed by atoms with Crippen LogP contribution in [0.15, 0.2) is 48.5 Å². The van der Waals surface area contributed by atoms with Crippen molar-refractivity contribution in [3.63, 3.8) is 0 Å². The van der Waals surface area contributed by atoms with Crippen molar-refractivity contribution in [1.82, 2.24) is 5.32 Å². The number of urea groups is 1. The Hall–Kier alpha value is -2.61. The zero-order valence-corrected chi connectivity index (χ0v) is 12.3. The number of aliphatic hydroxyl groups is 1. The topological polar surface area (TPSA) is 61.4 Å². The summed E-state index contributed by atoms with van der Waals surface area (Å²) in [5, 5.41) is 14.2. The Labute approximate surface area is 135 Å². The van der Waals surface area contributed by atoms with Crippen LogP contribution in [0.3, 0.4) is 0 Å². The van der Waals surface area contributed by atoms with Crippen molar-refractivity contribution in [1.29, 1.82) is 0 Å². The minimum Gasteiger partial charge on any atom is -0.387 e. The van der Waals surface area contributed by atoms with Gasteiger partial charge in [0.15, 0.2) is 0 Å². The second-order valence-corrected chi connectivity index (χ2v) is 4.95. The fourth-order valence-corrected chi connectivity index (χ4v) is 2.03. The third kappa shape index (κ3) is 4.69. The van der Waals surface area contributed by atoms with Crippen LogP contribution in [0.5, 0.6) is 0 Å². The average Bonchev–Trinajstić information content (AvgIpc) is 2.52. The van der Waals surface area contributed by atoms with Gasteiger partial charge in [0, 0.05) is 6.54 Å². The molecule has 2 amide bonds. The van der Waals surface area contributed by atoms with Gasteiger partial charge in [-0.05, 0) is 29.8 Å². The molecule has 0 saturated carbocycles. The Morgan fingerprint density at radius 1 is 1.12 bits per heavy atom. The second kappa shape index (κ2) is 7.31. The Bertz CT molecular complexity index is 719. The van der Waals surface area contributed by atoms with Crippen LogP contribution in [0.2, 0.25) is 0 Å². The van der Waals surface area contributed by atoms with Crippen LogP contribution < -0.4 is 10.6 Å².